The number of hydrazine groups is 1. The van der Waals surface area contributed by atoms with E-state index in [1.807, 2.05) is 38.1 Å². The SMILES string of the molecule is Cc1cccc(CN(C)C(=O)c2ccc(NN)c(C)c2)n1. The van der Waals surface area contributed by atoms with Crippen LogP contribution in [-0.4, -0.2) is 22.8 Å². The number of carbonyl (C=O) groups excluding carboxylic acids is 1. The van der Waals surface area contributed by atoms with Crippen molar-refractivity contribution in [3.63, 3.8) is 0 Å². The predicted molar refractivity (Wildman–Crippen MR) is 83.8 cm³/mol. The highest BCUT2D eigenvalue weighted by molar-refractivity contribution is 5.94. The number of nitrogen functional groups attached to an aromatic ring is 1. The van der Waals surface area contributed by atoms with E-state index in [0.717, 1.165) is 22.6 Å². The van der Waals surface area contributed by atoms with Crippen LogP contribution in [0.3, 0.4) is 0 Å². The summed E-state index contributed by atoms with van der Waals surface area (Å²) in [4.78, 5) is 18.5. The van der Waals surface area contributed by atoms with Gasteiger partial charge in [0, 0.05) is 18.3 Å². The Morgan fingerprint density at radius 1 is 1.29 bits per heavy atom. The molecule has 0 atom stereocenters. The van der Waals surface area contributed by atoms with Gasteiger partial charge >= 0.3 is 0 Å². The molecular weight excluding hydrogens is 264 g/mol. The first kappa shape index (κ1) is 15.0. The molecule has 2 aromatic rings. The molecule has 0 bridgehead atoms. The van der Waals surface area contributed by atoms with Crippen molar-refractivity contribution in [2.24, 2.45) is 5.84 Å². The van der Waals surface area contributed by atoms with E-state index in [4.69, 9.17) is 5.84 Å². The largest absolute Gasteiger partial charge is 0.336 e. The summed E-state index contributed by atoms with van der Waals surface area (Å²) in [5.41, 5.74) is 6.82. The number of pyridine rings is 1. The maximum absolute atomic E-state index is 12.4. The van der Waals surface area contributed by atoms with Gasteiger partial charge in [-0.25, -0.2) is 0 Å². The van der Waals surface area contributed by atoms with Gasteiger partial charge < -0.3 is 10.3 Å². The Bertz CT molecular complexity index is 654. The molecule has 0 spiro atoms. The van der Waals surface area contributed by atoms with E-state index in [9.17, 15) is 4.79 Å². The number of nitrogens with one attached hydrogen (secondary N) is 1. The number of aromatic nitrogens is 1. The molecule has 0 radical (unpaired) electrons. The topological polar surface area (TPSA) is 71.2 Å². The molecule has 1 amide bonds. The molecule has 1 aromatic heterocycles. The summed E-state index contributed by atoms with van der Waals surface area (Å²) in [6, 6.07) is 11.2. The highest BCUT2D eigenvalue weighted by atomic mass is 16.2. The van der Waals surface area contributed by atoms with Crippen molar-refractivity contribution in [3.05, 3.63) is 58.9 Å². The molecule has 3 N–H and O–H groups in total. The van der Waals surface area contributed by atoms with Crippen molar-refractivity contribution in [2.45, 2.75) is 20.4 Å². The summed E-state index contributed by atoms with van der Waals surface area (Å²) in [5, 5.41) is 0. The zero-order chi connectivity index (χ0) is 15.4. The van der Waals surface area contributed by atoms with Gasteiger partial charge in [-0.05, 0) is 49.7 Å². The van der Waals surface area contributed by atoms with Gasteiger partial charge in [0.05, 0.1) is 17.9 Å². The Balaban J connectivity index is 2.14. The smallest absolute Gasteiger partial charge is 0.253 e. The van der Waals surface area contributed by atoms with Gasteiger partial charge in [-0.3, -0.25) is 15.6 Å². The molecule has 0 aliphatic heterocycles. The molecule has 0 aliphatic carbocycles. The number of carbonyl (C=O) groups is 1. The Kier molecular flexibility index (Phi) is 4.55. The van der Waals surface area contributed by atoms with Crippen molar-refractivity contribution in [2.75, 3.05) is 12.5 Å². The zero-order valence-electron chi connectivity index (χ0n) is 12.6. The van der Waals surface area contributed by atoms with Crippen LogP contribution in [-0.2, 0) is 6.54 Å². The highest BCUT2D eigenvalue weighted by Gasteiger charge is 2.13. The summed E-state index contributed by atoms with van der Waals surface area (Å²) < 4.78 is 0. The molecule has 5 nitrogen and oxygen atoms in total. The fourth-order valence-corrected chi connectivity index (χ4v) is 2.18. The summed E-state index contributed by atoms with van der Waals surface area (Å²) in [6.45, 7) is 4.33. The van der Waals surface area contributed by atoms with Crippen LogP contribution in [0.25, 0.3) is 0 Å². The normalized spacial score (nSPS) is 10.3. The molecule has 0 saturated carbocycles. The summed E-state index contributed by atoms with van der Waals surface area (Å²) in [6.07, 6.45) is 0. The number of anilines is 1. The molecule has 0 saturated heterocycles. The third-order valence-electron chi connectivity index (χ3n) is 3.32. The quantitative estimate of drug-likeness (QED) is 0.667. The van der Waals surface area contributed by atoms with Crippen LogP contribution in [0.2, 0.25) is 0 Å². The van der Waals surface area contributed by atoms with Crippen molar-refractivity contribution >= 4 is 11.6 Å². The lowest BCUT2D eigenvalue weighted by molar-refractivity contribution is 0.0783. The van der Waals surface area contributed by atoms with Gasteiger partial charge in [-0.15, -0.1) is 0 Å². The van der Waals surface area contributed by atoms with Crippen molar-refractivity contribution in [3.8, 4) is 0 Å². The zero-order valence-corrected chi connectivity index (χ0v) is 12.6. The molecule has 0 fully saturated rings. The number of nitrogens with two attached hydrogens (primary N) is 1. The lowest BCUT2D eigenvalue weighted by Gasteiger charge is -2.18. The number of hydrogen-bond donors (Lipinski definition) is 2. The van der Waals surface area contributed by atoms with Crippen LogP contribution in [0.15, 0.2) is 36.4 Å². The second kappa shape index (κ2) is 6.37. The molecule has 110 valence electrons. The summed E-state index contributed by atoms with van der Waals surface area (Å²) in [5.74, 6) is 5.36. The second-order valence-electron chi connectivity index (χ2n) is 5.11. The monoisotopic (exact) mass is 284 g/mol. The summed E-state index contributed by atoms with van der Waals surface area (Å²) in [7, 11) is 1.77. The van der Waals surface area contributed by atoms with Crippen LogP contribution in [0.4, 0.5) is 5.69 Å². The van der Waals surface area contributed by atoms with Crippen LogP contribution in [0, 0.1) is 13.8 Å². The molecule has 2 rings (SSSR count). The fourth-order valence-electron chi connectivity index (χ4n) is 2.18. The Hall–Kier alpha value is -2.40. The average Bonchev–Trinajstić information content (AvgIpc) is 2.46. The van der Waals surface area contributed by atoms with Gasteiger partial charge in [0.25, 0.3) is 5.91 Å². The lowest BCUT2D eigenvalue weighted by Crippen LogP contribution is -2.26. The average molecular weight is 284 g/mol. The maximum atomic E-state index is 12.4. The molecule has 0 unspecified atom stereocenters. The van der Waals surface area contributed by atoms with Crippen molar-refractivity contribution < 1.29 is 4.79 Å². The van der Waals surface area contributed by atoms with Crippen LogP contribution in [0.1, 0.15) is 27.3 Å². The fraction of sp³-hybridized carbons (Fsp3) is 0.250. The van der Waals surface area contributed by atoms with Gasteiger partial charge in [0.1, 0.15) is 0 Å². The minimum atomic E-state index is -0.0371. The summed E-state index contributed by atoms with van der Waals surface area (Å²) >= 11 is 0. The minimum absolute atomic E-state index is 0.0371. The van der Waals surface area contributed by atoms with E-state index in [1.54, 1.807) is 24.1 Å². The van der Waals surface area contributed by atoms with Crippen molar-refractivity contribution in [1.82, 2.24) is 9.88 Å². The minimum Gasteiger partial charge on any atom is -0.336 e. The van der Waals surface area contributed by atoms with E-state index < -0.39 is 0 Å². The molecule has 0 aliphatic rings. The first-order chi connectivity index (χ1) is 10.0. The number of benzene rings is 1. The number of hydrogen-bond acceptors (Lipinski definition) is 4. The number of rotatable bonds is 4. The van der Waals surface area contributed by atoms with Crippen LogP contribution < -0.4 is 11.3 Å². The molecule has 1 aromatic carbocycles. The van der Waals surface area contributed by atoms with E-state index in [-0.39, 0.29) is 5.91 Å². The van der Waals surface area contributed by atoms with Gasteiger partial charge in [-0.2, -0.15) is 0 Å². The standard InChI is InChI=1S/C16H20N4O/c1-11-9-13(7-8-15(11)19-17)16(21)20(3)10-14-6-4-5-12(2)18-14/h4-9,19H,10,17H2,1-3H3. The molecular formula is C16H20N4O. The third-order valence-corrected chi connectivity index (χ3v) is 3.32. The molecule has 5 heteroatoms. The second-order valence-corrected chi connectivity index (χ2v) is 5.11. The van der Waals surface area contributed by atoms with Crippen LogP contribution in [0.5, 0.6) is 0 Å². The van der Waals surface area contributed by atoms with Crippen molar-refractivity contribution in [1.29, 1.82) is 0 Å². The molecule has 1 heterocycles. The third kappa shape index (κ3) is 3.58. The Labute approximate surface area is 124 Å². The van der Waals surface area contributed by atoms with E-state index in [0.29, 0.717) is 12.1 Å². The van der Waals surface area contributed by atoms with E-state index >= 15 is 0 Å². The number of nitrogens with zero attached hydrogens (tertiary/aromatic N) is 2. The van der Waals surface area contributed by atoms with E-state index in [2.05, 4.69) is 10.4 Å². The maximum Gasteiger partial charge on any atom is 0.253 e. The van der Waals surface area contributed by atoms with Gasteiger partial charge in [0.15, 0.2) is 0 Å². The Morgan fingerprint density at radius 2 is 2.05 bits per heavy atom. The predicted octanol–water partition coefficient (Wildman–Crippen LogP) is 2.26. The first-order valence-corrected chi connectivity index (χ1v) is 6.76. The van der Waals surface area contributed by atoms with Crippen LogP contribution >= 0.6 is 0 Å². The Morgan fingerprint density at radius 3 is 2.67 bits per heavy atom. The van der Waals surface area contributed by atoms with Gasteiger partial charge in [0.2, 0.25) is 0 Å². The highest BCUT2D eigenvalue weighted by Crippen LogP contribution is 2.17. The lowest BCUT2D eigenvalue weighted by atomic mass is 10.1. The van der Waals surface area contributed by atoms with Gasteiger partial charge in [-0.1, -0.05) is 6.07 Å². The number of aryl methyl sites for hydroxylation is 2. The van der Waals surface area contributed by atoms with E-state index in [1.165, 1.54) is 0 Å². The number of amides is 1. The molecule has 21 heavy (non-hydrogen) atoms. The first-order valence-electron chi connectivity index (χ1n) is 6.76.